The molecule has 0 amide bonds. The molecular weight excluding hydrogens is 500 g/mol. The van der Waals surface area contributed by atoms with Crippen molar-refractivity contribution in [2.24, 2.45) is 34.5 Å². The summed E-state index contributed by atoms with van der Waals surface area (Å²) >= 11 is 0. The van der Waals surface area contributed by atoms with Gasteiger partial charge in [0.25, 0.3) is 0 Å². The molecule has 8 rings (SSSR count). The van der Waals surface area contributed by atoms with Gasteiger partial charge in [0, 0.05) is 5.92 Å². The second-order valence-corrected chi connectivity index (χ2v) is 13.2. The monoisotopic (exact) mass is 530 g/mol. The van der Waals surface area contributed by atoms with Crippen molar-refractivity contribution in [2.75, 3.05) is 6.61 Å². The highest BCUT2D eigenvalue weighted by molar-refractivity contribution is 6.00. The second-order valence-electron chi connectivity index (χ2n) is 13.2. The van der Waals surface area contributed by atoms with Crippen LogP contribution in [0.4, 0.5) is 0 Å². The average molecular weight is 531 g/mol. The third kappa shape index (κ3) is 2.03. The van der Waals surface area contributed by atoms with Crippen LogP contribution in [0.25, 0.3) is 0 Å². The van der Waals surface area contributed by atoms with E-state index < -0.39 is 98.9 Å². The van der Waals surface area contributed by atoms with Gasteiger partial charge in [0.1, 0.15) is 11.7 Å². The summed E-state index contributed by atoms with van der Waals surface area (Å²) in [6.45, 7) is 3.15. The first-order valence-electron chi connectivity index (χ1n) is 13.4. The molecule has 13 unspecified atom stereocenters. The molecule has 3 N–H and O–H groups in total. The van der Waals surface area contributed by atoms with Gasteiger partial charge in [-0.15, -0.1) is 0 Å². The van der Waals surface area contributed by atoms with E-state index in [1.807, 2.05) is 0 Å². The lowest BCUT2D eigenvalue weighted by Crippen LogP contribution is -2.76. The second kappa shape index (κ2) is 6.41. The number of hydrogen-bond donors (Lipinski definition) is 3. The van der Waals surface area contributed by atoms with E-state index in [2.05, 4.69) is 0 Å². The molecule has 204 valence electrons. The van der Waals surface area contributed by atoms with E-state index in [0.29, 0.717) is 0 Å². The molecule has 5 heterocycles. The van der Waals surface area contributed by atoms with E-state index in [4.69, 9.17) is 18.9 Å². The van der Waals surface area contributed by atoms with Crippen LogP contribution in [0.3, 0.4) is 0 Å². The number of carbonyl (C=O) groups excluding carboxylic acids is 4. The maximum Gasteiger partial charge on any atom is 0.341 e. The molecule has 5 aliphatic heterocycles. The number of carbonyl (C=O) groups is 4. The molecule has 3 aliphatic carbocycles. The third-order valence-electron chi connectivity index (χ3n) is 12.1. The summed E-state index contributed by atoms with van der Waals surface area (Å²) in [5, 5.41) is 35.4. The Kier molecular flexibility index (Phi) is 4.00. The van der Waals surface area contributed by atoms with Gasteiger partial charge in [-0.1, -0.05) is 13.0 Å². The molecule has 7 fully saturated rings. The standard InChI is InChI=1S/C27H30O11/c1-22-9-14-19-26-17(22)18(30)27(38-26,35-10-13(22)20(31)36-14)12-8-16(29)24(33)6-3-4-15(28)23(24,2)11(12)5-7-25(26,34)21(32)37-19/h3-4,11-14,16-17,19,29,33-34H,5-10H2,1-2H3. The van der Waals surface area contributed by atoms with Crippen molar-refractivity contribution in [2.45, 2.75) is 86.9 Å². The fourth-order valence-electron chi connectivity index (χ4n) is 10.2. The largest absolute Gasteiger partial charge is 0.458 e. The molecule has 8 aliphatic rings. The minimum Gasteiger partial charge on any atom is -0.458 e. The Bertz CT molecular complexity index is 1280. The van der Waals surface area contributed by atoms with Crippen LogP contribution >= 0.6 is 0 Å². The van der Waals surface area contributed by atoms with Crippen molar-refractivity contribution in [1.29, 1.82) is 0 Å². The van der Waals surface area contributed by atoms with Crippen molar-refractivity contribution >= 4 is 23.5 Å². The molecule has 0 aromatic heterocycles. The summed E-state index contributed by atoms with van der Waals surface area (Å²) < 4.78 is 24.5. The van der Waals surface area contributed by atoms with Crippen LogP contribution in [-0.2, 0) is 38.1 Å². The number of Topliss-reactive ketones (excluding diaryl/α,β-unsaturated/α-hetero) is 1. The summed E-state index contributed by atoms with van der Waals surface area (Å²) in [6.07, 6.45) is -0.605. The third-order valence-corrected chi connectivity index (χ3v) is 12.1. The fourth-order valence-corrected chi connectivity index (χ4v) is 10.2. The average Bonchev–Trinajstić information content (AvgIpc) is 3.20. The highest BCUT2D eigenvalue weighted by Gasteiger charge is 2.90. The first-order chi connectivity index (χ1) is 17.8. The maximum atomic E-state index is 14.7. The molecule has 13 atom stereocenters. The topological polar surface area (TPSA) is 166 Å². The first kappa shape index (κ1) is 23.7. The number of fused-ring (bicyclic) bond motifs is 5. The first-order valence-corrected chi connectivity index (χ1v) is 13.4. The Balaban J connectivity index is 1.41. The van der Waals surface area contributed by atoms with E-state index in [1.54, 1.807) is 13.8 Å². The van der Waals surface area contributed by atoms with Gasteiger partial charge < -0.3 is 34.3 Å². The minimum atomic E-state index is -2.28. The van der Waals surface area contributed by atoms with Crippen LogP contribution in [0.1, 0.15) is 46.0 Å². The van der Waals surface area contributed by atoms with E-state index in [-0.39, 0.29) is 38.7 Å². The normalized spacial score (nSPS) is 61.3. The Hall–Kier alpha value is -2.18. The highest BCUT2D eigenvalue weighted by Crippen LogP contribution is 2.73. The lowest BCUT2D eigenvalue weighted by Gasteiger charge is -2.62. The van der Waals surface area contributed by atoms with Gasteiger partial charge in [0.05, 0.1) is 30.0 Å². The van der Waals surface area contributed by atoms with Gasteiger partial charge in [-0.05, 0) is 56.4 Å². The van der Waals surface area contributed by atoms with E-state index >= 15 is 0 Å². The van der Waals surface area contributed by atoms with Gasteiger partial charge in [-0.3, -0.25) is 14.4 Å². The summed E-state index contributed by atoms with van der Waals surface area (Å²) in [7, 11) is 0. The Morgan fingerprint density at radius 3 is 2.58 bits per heavy atom. The Labute approximate surface area is 217 Å². The molecule has 5 saturated heterocycles. The molecule has 38 heavy (non-hydrogen) atoms. The summed E-state index contributed by atoms with van der Waals surface area (Å²) in [6, 6.07) is 0. The van der Waals surface area contributed by atoms with Gasteiger partial charge in [0.2, 0.25) is 5.79 Å². The zero-order chi connectivity index (χ0) is 26.8. The number of ketones is 2. The molecule has 0 aromatic rings. The van der Waals surface area contributed by atoms with Gasteiger partial charge in [0.15, 0.2) is 28.9 Å². The van der Waals surface area contributed by atoms with Crippen LogP contribution in [0.5, 0.6) is 0 Å². The van der Waals surface area contributed by atoms with Crippen LogP contribution in [-0.4, -0.2) is 86.3 Å². The molecule has 11 heteroatoms. The van der Waals surface area contributed by atoms with Crippen LogP contribution in [0.2, 0.25) is 0 Å². The zero-order valence-electron chi connectivity index (χ0n) is 21.0. The summed E-state index contributed by atoms with van der Waals surface area (Å²) in [5.74, 6) is -8.22. The van der Waals surface area contributed by atoms with Gasteiger partial charge in [-0.2, -0.15) is 0 Å². The minimum absolute atomic E-state index is 0.0247. The number of aliphatic hydroxyl groups excluding tert-OH is 1. The van der Waals surface area contributed by atoms with Crippen molar-refractivity contribution in [3.05, 3.63) is 12.2 Å². The summed E-state index contributed by atoms with van der Waals surface area (Å²) in [4.78, 5) is 54.9. The summed E-state index contributed by atoms with van der Waals surface area (Å²) in [5.41, 5.74) is -8.58. The number of rotatable bonds is 0. The lowest BCUT2D eigenvalue weighted by molar-refractivity contribution is -0.366. The molecule has 5 bridgehead atoms. The van der Waals surface area contributed by atoms with Crippen molar-refractivity contribution < 1.29 is 53.4 Å². The van der Waals surface area contributed by atoms with E-state index in [1.165, 1.54) is 12.2 Å². The van der Waals surface area contributed by atoms with Crippen molar-refractivity contribution in [1.82, 2.24) is 0 Å². The molecule has 0 aromatic carbocycles. The Morgan fingerprint density at radius 1 is 1.05 bits per heavy atom. The van der Waals surface area contributed by atoms with Crippen molar-refractivity contribution in [3.8, 4) is 0 Å². The number of aliphatic hydroxyl groups is 3. The molecular formula is C27H30O11. The van der Waals surface area contributed by atoms with Gasteiger partial charge in [-0.25, -0.2) is 4.79 Å². The zero-order valence-corrected chi connectivity index (χ0v) is 21.0. The smallest absolute Gasteiger partial charge is 0.341 e. The maximum absolute atomic E-state index is 14.7. The van der Waals surface area contributed by atoms with E-state index in [9.17, 15) is 34.5 Å². The number of esters is 2. The predicted molar refractivity (Wildman–Crippen MR) is 121 cm³/mol. The van der Waals surface area contributed by atoms with Crippen molar-refractivity contribution in [3.63, 3.8) is 0 Å². The fraction of sp³-hybridized carbons (Fsp3) is 0.778. The lowest BCUT2D eigenvalue weighted by atomic mass is 9.47. The number of hydrogen-bond acceptors (Lipinski definition) is 11. The van der Waals surface area contributed by atoms with E-state index in [0.717, 1.165) is 0 Å². The quantitative estimate of drug-likeness (QED) is 0.340. The molecule has 2 saturated carbocycles. The molecule has 11 nitrogen and oxygen atoms in total. The molecule has 0 radical (unpaired) electrons. The SMILES string of the molecule is CC12CC3OC(=O)C1COC14OC5(C3OC(=O)C5(O)CCC3C1CC(O)C1(O)CC=CC(=O)C31C)C2C4=O. The van der Waals surface area contributed by atoms with Gasteiger partial charge >= 0.3 is 11.9 Å². The number of allylic oxidation sites excluding steroid dienone is 1. The molecule has 2 spiro atoms. The van der Waals surface area contributed by atoms with Crippen LogP contribution < -0.4 is 0 Å². The Morgan fingerprint density at radius 2 is 1.82 bits per heavy atom. The van der Waals surface area contributed by atoms with Crippen LogP contribution in [0, 0.1) is 34.5 Å². The predicted octanol–water partition coefficient (Wildman–Crippen LogP) is -0.667. The highest BCUT2D eigenvalue weighted by atomic mass is 16.7. The van der Waals surface area contributed by atoms with Crippen LogP contribution in [0.15, 0.2) is 12.2 Å². The number of ether oxygens (including phenoxy) is 4.